The SMILES string of the molecule is CCCc1nc(C)c2c(C(C)C)cnc(Nc3ccn[nH]3)n12. The maximum atomic E-state index is 4.77. The first-order chi connectivity index (χ1) is 10.6. The van der Waals surface area contributed by atoms with E-state index in [1.165, 1.54) is 5.56 Å². The number of hydrogen-bond donors (Lipinski definition) is 2. The first-order valence-electron chi connectivity index (χ1n) is 7.75. The highest BCUT2D eigenvalue weighted by Crippen LogP contribution is 2.27. The lowest BCUT2D eigenvalue weighted by Gasteiger charge is -2.13. The van der Waals surface area contributed by atoms with Gasteiger partial charge in [-0.05, 0) is 24.8 Å². The van der Waals surface area contributed by atoms with Crippen molar-refractivity contribution < 1.29 is 0 Å². The fourth-order valence-electron chi connectivity index (χ4n) is 2.75. The van der Waals surface area contributed by atoms with Crippen LogP contribution in [0.2, 0.25) is 0 Å². The average Bonchev–Trinajstić information content (AvgIpc) is 3.09. The van der Waals surface area contributed by atoms with E-state index in [9.17, 15) is 0 Å². The van der Waals surface area contributed by atoms with Crippen LogP contribution in [0, 0.1) is 6.92 Å². The molecule has 3 rings (SSSR count). The molecule has 0 aliphatic rings. The van der Waals surface area contributed by atoms with E-state index in [-0.39, 0.29) is 0 Å². The van der Waals surface area contributed by atoms with Crippen molar-refractivity contribution in [1.29, 1.82) is 0 Å². The first-order valence-corrected chi connectivity index (χ1v) is 7.75. The van der Waals surface area contributed by atoms with Gasteiger partial charge in [-0.2, -0.15) is 5.10 Å². The summed E-state index contributed by atoms with van der Waals surface area (Å²) >= 11 is 0. The van der Waals surface area contributed by atoms with E-state index in [2.05, 4.69) is 52.6 Å². The van der Waals surface area contributed by atoms with Crippen molar-refractivity contribution >= 4 is 17.3 Å². The summed E-state index contributed by atoms with van der Waals surface area (Å²) in [6, 6.07) is 1.88. The van der Waals surface area contributed by atoms with E-state index < -0.39 is 0 Å². The minimum atomic E-state index is 0.404. The summed E-state index contributed by atoms with van der Waals surface area (Å²) in [4.78, 5) is 9.39. The quantitative estimate of drug-likeness (QED) is 0.755. The summed E-state index contributed by atoms with van der Waals surface area (Å²) in [6.07, 6.45) is 5.64. The molecule has 0 spiro atoms. The Kier molecular flexibility index (Phi) is 3.83. The van der Waals surface area contributed by atoms with Crippen LogP contribution in [0.3, 0.4) is 0 Å². The molecule has 0 radical (unpaired) electrons. The van der Waals surface area contributed by atoms with Gasteiger partial charge in [0.15, 0.2) is 0 Å². The van der Waals surface area contributed by atoms with Crippen molar-refractivity contribution in [3.05, 3.63) is 35.5 Å². The van der Waals surface area contributed by atoms with Crippen molar-refractivity contribution in [1.82, 2.24) is 24.6 Å². The summed E-state index contributed by atoms with van der Waals surface area (Å²) in [5, 5.41) is 10.2. The number of H-pyrrole nitrogens is 1. The number of aryl methyl sites for hydroxylation is 2. The van der Waals surface area contributed by atoms with E-state index in [0.717, 1.165) is 41.6 Å². The number of rotatable bonds is 5. The van der Waals surface area contributed by atoms with E-state index in [1.807, 2.05) is 12.3 Å². The molecule has 22 heavy (non-hydrogen) atoms. The topological polar surface area (TPSA) is 70.9 Å². The highest BCUT2D eigenvalue weighted by molar-refractivity contribution is 5.65. The monoisotopic (exact) mass is 298 g/mol. The molecule has 3 heterocycles. The summed E-state index contributed by atoms with van der Waals surface area (Å²) in [7, 11) is 0. The Hall–Kier alpha value is -2.37. The third kappa shape index (κ3) is 2.45. The number of aromatic nitrogens is 5. The molecule has 0 aliphatic heterocycles. The van der Waals surface area contributed by atoms with E-state index in [1.54, 1.807) is 6.20 Å². The molecule has 0 aromatic carbocycles. The van der Waals surface area contributed by atoms with E-state index in [4.69, 9.17) is 4.98 Å². The number of fused-ring (bicyclic) bond motifs is 1. The minimum Gasteiger partial charge on any atom is -0.310 e. The second kappa shape index (κ2) is 5.79. The van der Waals surface area contributed by atoms with Gasteiger partial charge >= 0.3 is 0 Å². The van der Waals surface area contributed by atoms with Crippen molar-refractivity contribution in [2.75, 3.05) is 5.32 Å². The van der Waals surface area contributed by atoms with Crippen molar-refractivity contribution in [3.8, 4) is 0 Å². The normalized spacial score (nSPS) is 11.5. The molecule has 2 N–H and O–H groups in total. The van der Waals surface area contributed by atoms with Gasteiger partial charge in [0.1, 0.15) is 11.6 Å². The van der Waals surface area contributed by atoms with Gasteiger partial charge in [0, 0.05) is 18.7 Å². The molecule has 6 nitrogen and oxygen atoms in total. The third-order valence-electron chi connectivity index (χ3n) is 3.78. The lowest BCUT2D eigenvalue weighted by atomic mass is 10.0. The zero-order valence-electron chi connectivity index (χ0n) is 13.5. The number of aromatic amines is 1. The van der Waals surface area contributed by atoms with Crippen LogP contribution in [0.1, 0.15) is 50.2 Å². The standard InChI is InChI=1S/C16H22N6/c1-5-6-14-19-11(4)15-12(10(2)3)9-17-16(22(14)15)20-13-7-8-18-21-13/h7-10H,5-6H2,1-4H3,(H2,17,18,20,21). The van der Waals surface area contributed by atoms with E-state index in [0.29, 0.717) is 5.92 Å². The van der Waals surface area contributed by atoms with Crippen molar-refractivity contribution in [3.63, 3.8) is 0 Å². The van der Waals surface area contributed by atoms with Gasteiger partial charge in [0.05, 0.1) is 17.4 Å². The van der Waals surface area contributed by atoms with Gasteiger partial charge < -0.3 is 5.32 Å². The molecule has 0 saturated carbocycles. The van der Waals surface area contributed by atoms with Gasteiger partial charge in [0.25, 0.3) is 0 Å². The molecule has 0 atom stereocenters. The molecular weight excluding hydrogens is 276 g/mol. The van der Waals surface area contributed by atoms with Crippen LogP contribution in [-0.4, -0.2) is 24.6 Å². The lowest BCUT2D eigenvalue weighted by Crippen LogP contribution is -2.07. The van der Waals surface area contributed by atoms with Crippen LogP contribution in [0.15, 0.2) is 18.5 Å². The summed E-state index contributed by atoms with van der Waals surface area (Å²) in [5.41, 5.74) is 3.44. The fraction of sp³-hybridized carbons (Fsp3) is 0.438. The van der Waals surface area contributed by atoms with Crippen LogP contribution >= 0.6 is 0 Å². The Morgan fingerprint density at radius 2 is 2.18 bits per heavy atom. The molecule has 0 saturated heterocycles. The molecule has 0 aliphatic carbocycles. The second-order valence-corrected chi connectivity index (χ2v) is 5.83. The molecule has 3 aromatic rings. The van der Waals surface area contributed by atoms with Gasteiger partial charge in [0.2, 0.25) is 5.95 Å². The second-order valence-electron chi connectivity index (χ2n) is 5.83. The van der Waals surface area contributed by atoms with Crippen LogP contribution in [-0.2, 0) is 6.42 Å². The summed E-state index contributed by atoms with van der Waals surface area (Å²) in [5.74, 6) is 3.04. The number of nitrogens with zero attached hydrogens (tertiary/aromatic N) is 4. The highest BCUT2D eigenvalue weighted by atomic mass is 15.3. The number of hydrogen-bond acceptors (Lipinski definition) is 4. The van der Waals surface area contributed by atoms with Crippen LogP contribution in [0.25, 0.3) is 5.52 Å². The minimum absolute atomic E-state index is 0.404. The highest BCUT2D eigenvalue weighted by Gasteiger charge is 2.17. The van der Waals surface area contributed by atoms with Crippen LogP contribution < -0.4 is 5.32 Å². The molecule has 3 aromatic heterocycles. The zero-order valence-corrected chi connectivity index (χ0v) is 13.5. The van der Waals surface area contributed by atoms with Gasteiger partial charge in [-0.15, -0.1) is 0 Å². The Bertz CT molecular complexity index is 770. The largest absolute Gasteiger partial charge is 0.310 e. The molecule has 0 unspecified atom stereocenters. The predicted molar refractivity (Wildman–Crippen MR) is 87.7 cm³/mol. The zero-order chi connectivity index (χ0) is 15.7. The average molecular weight is 298 g/mol. The smallest absolute Gasteiger partial charge is 0.214 e. The Morgan fingerprint density at radius 3 is 2.82 bits per heavy atom. The molecule has 0 fully saturated rings. The number of anilines is 2. The lowest BCUT2D eigenvalue weighted by molar-refractivity contribution is 0.812. The van der Waals surface area contributed by atoms with Crippen LogP contribution in [0.4, 0.5) is 11.8 Å². The number of imidazole rings is 1. The van der Waals surface area contributed by atoms with Gasteiger partial charge in [-0.1, -0.05) is 20.8 Å². The number of nitrogens with one attached hydrogen (secondary N) is 2. The Morgan fingerprint density at radius 1 is 1.36 bits per heavy atom. The molecule has 0 amide bonds. The summed E-state index contributed by atoms with van der Waals surface area (Å²) in [6.45, 7) is 8.61. The molecule has 6 heteroatoms. The Labute approximate surface area is 130 Å². The maximum Gasteiger partial charge on any atom is 0.214 e. The van der Waals surface area contributed by atoms with E-state index >= 15 is 0 Å². The third-order valence-corrected chi connectivity index (χ3v) is 3.78. The van der Waals surface area contributed by atoms with Crippen molar-refractivity contribution in [2.45, 2.75) is 46.5 Å². The Balaban J connectivity index is 2.21. The summed E-state index contributed by atoms with van der Waals surface area (Å²) < 4.78 is 2.15. The fourth-order valence-corrected chi connectivity index (χ4v) is 2.75. The molecular formula is C16H22N6. The first kappa shape index (κ1) is 14.6. The predicted octanol–water partition coefficient (Wildman–Crippen LogP) is 3.58. The maximum absolute atomic E-state index is 4.77. The molecule has 116 valence electrons. The van der Waals surface area contributed by atoms with Crippen molar-refractivity contribution in [2.24, 2.45) is 0 Å². The molecule has 0 bridgehead atoms. The van der Waals surface area contributed by atoms with Crippen LogP contribution in [0.5, 0.6) is 0 Å². The van der Waals surface area contributed by atoms with Gasteiger partial charge in [-0.3, -0.25) is 9.50 Å². The van der Waals surface area contributed by atoms with Gasteiger partial charge in [-0.25, -0.2) is 9.97 Å².